The van der Waals surface area contributed by atoms with E-state index < -0.39 is 35.9 Å². The lowest BCUT2D eigenvalue weighted by molar-refractivity contribution is -0.140. The smallest absolute Gasteiger partial charge is 0.346 e. The summed E-state index contributed by atoms with van der Waals surface area (Å²) in [5, 5.41) is 11.3. The summed E-state index contributed by atoms with van der Waals surface area (Å²) in [5.74, 6) is -3.00. The summed E-state index contributed by atoms with van der Waals surface area (Å²) in [6.07, 6.45) is 1.08. The third-order valence-electron chi connectivity index (χ3n) is 2.52. The number of nitrogens with two attached hydrogens (primary N) is 1. The molecule has 114 valence electrons. The number of primary amides is 1. The molecule has 21 heavy (non-hydrogen) atoms. The van der Waals surface area contributed by atoms with Crippen molar-refractivity contribution in [1.82, 2.24) is 15.3 Å². The summed E-state index contributed by atoms with van der Waals surface area (Å²) in [4.78, 5) is 51.2. The number of thioether (sulfide) groups is 1. The highest BCUT2D eigenvalue weighted by molar-refractivity contribution is 7.98. The Kier molecular flexibility index (Phi) is 5.47. The zero-order chi connectivity index (χ0) is 16.2. The summed E-state index contributed by atoms with van der Waals surface area (Å²) in [6.45, 7) is 1.49. The van der Waals surface area contributed by atoms with Gasteiger partial charge in [-0.15, -0.1) is 11.8 Å². The average Bonchev–Trinajstić information content (AvgIpc) is 2.35. The van der Waals surface area contributed by atoms with Crippen molar-refractivity contribution in [1.29, 1.82) is 0 Å². The minimum atomic E-state index is -1.45. The molecule has 0 saturated carbocycles. The molecule has 2 amide bonds. The first-order valence-corrected chi connectivity index (χ1v) is 6.95. The topological polar surface area (TPSA) is 155 Å². The van der Waals surface area contributed by atoms with Gasteiger partial charge in [-0.25, -0.2) is 9.59 Å². The molecule has 0 bridgehead atoms. The summed E-state index contributed by atoms with van der Waals surface area (Å²) < 4.78 is 0. The number of aromatic nitrogens is 2. The Morgan fingerprint density at radius 3 is 2.57 bits per heavy atom. The van der Waals surface area contributed by atoms with E-state index in [0.29, 0.717) is 0 Å². The van der Waals surface area contributed by atoms with Crippen LogP contribution in [0.3, 0.4) is 0 Å². The second-order valence-electron chi connectivity index (χ2n) is 4.09. The molecule has 0 aliphatic carbocycles. The van der Waals surface area contributed by atoms with Crippen LogP contribution in [-0.4, -0.2) is 45.2 Å². The Balaban J connectivity index is 3.11. The second kappa shape index (κ2) is 6.88. The number of carboxylic acids is 1. The standard InChI is InChI=1S/C11H14N4O5S/c1-4-7(9(21-2)15-11(20)13-4)8(17)14-5(10(18)19)3-6(12)16/h5H,3H2,1-2H3,(H2,12,16)(H,14,17)(H,18,19)(H,13,15,20)/t5-/m1/s1. The molecule has 0 unspecified atom stereocenters. The second-order valence-corrected chi connectivity index (χ2v) is 4.88. The van der Waals surface area contributed by atoms with Crippen LogP contribution in [0.2, 0.25) is 0 Å². The number of hydrogen-bond acceptors (Lipinski definition) is 6. The van der Waals surface area contributed by atoms with E-state index in [9.17, 15) is 19.2 Å². The number of aliphatic carboxylic acids is 1. The first-order valence-electron chi connectivity index (χ1n) is 5.73. The van der Waals surface area contributed by atoms with Crippen LogP contribution in [-0.2, 0) is 9.59 Å². The molecule has 0 spiro atoms. The Morgan fingerprint density at radius 1 is 1.48 bits per heavy atom. The lowest BCUT2D eigenvalue weighted by atomic mass is 10.1. The monoisotopic (exact) mass is 314 g/mol. The number of amides is 2. The van der Waals surface area contributed by atoms with Crippen molar-refractivity contribution in [2.24, 2.45) is 5.73 Å². The Bertz CT molecular complexity index is 642. The minimum Gasteiger partial charge on any atom is -0.480 e. The molecule has 0 fully saturated rings. The molecule has 1 aromatic rings. The fourth-order valence-electron chi connectivity index (χ4n) is 1.61. The number of aryl methyl sites for hydroxylation is 1. The van der Waals surface area contributed by atoms with Crippen LogP contribution in [0.4, 0.5) is 0 Å². The molecule has 5 N–H and O–H groups in total. The van der Waals surface area contributed by atoms with Gasteiger partial charge < -0.3 is 21.1 Å². The van der Waals surface area contributed by atoms with E-state index in [4.69, 9.17) is 10.8 Å². The molecule has 0 radical (unpaired) electrons. The number of carbonyl (C=O) groups is 3. The highest BCUT2D eigenvalue weighted by Crippen LogP contribution is 2.18. The van der Waals surface area contributed by atoms with Crippen LogP contribution in [0.1, 0.15) is 22.5 Å². The summed E-state index contributed by atoms with van der Waals surface area (Å²) in [7, 11) is 0. The lowest BCUT2D eigenvalue weighted by Gasteiger charge is -2.15. The molecule has 0 aliphatic rings. The number of carboxylic acid groups (broad SMARTS) is 1. The van der Waals surface area contributed by atoms with Gasteiger partial charge in [0.15, 0.2) is 0 Å². The summed E-state index contributed by atoms with van der Waals surface area (Å²) in [6, 6.07) is -1.45. The molecule has 0 aliphatic heterocycles. The SMILES string of the molecule is CSc1nc(=O)[nH]c(C)c1C(=O)N[C@H](CC(N)=O)C(=O)O. The first kappa shape index (κ1) is 16.7. The van der Waals surface area contributed by atoms with E-state index in [1.165, 1.54) is 6.92 Å². The normalized spacial score (nSPS) is 11.7. The Hall–Kier alpha value is -2.36. The fraction of sp³-hybridized carbons (Fsp3) is 0.364. The van der Waals surface area contributed by atoms with E-state index in [2.05, 4.69) is 15.3 Å². The molecule has 1 rings (SSSR count). The van der Waals surface area contributed by atoms with Gasteiger partial charge in [0.05, 0.1) is 12.0 Å². The lowest BCUT2D eigenvalue weighted by Crippen LogP contribution is -2.44. The summed E-state index contributed by atoms with van der Waals surface area (Å²) in [5.41, 5.74) is 4.63. The molecular weight excluding hydrogens is 300 g/mol. The van der Waals surface area contributed by atoms with Crippen LogP contribution in [0.15, 0.2) is 9.82 Å². The molecule has 1 atom stereocenters. The summed E-state index contributed by atoms with van der Waals surface area (Å²) >= 11 is 1.07. The maximum absolute atomic E-state index is 12.2. The van der Waals surface area contributed by atoms with Gasteiger partial charge in [-0.2, -0.15) is 4.98 Å². The van der Waals surface area contributed by atoms with Crippen molar-refractivity contribution in [3.8, 4) is 0 Å². The molecule has 0 saturated heterocycles. The largest absolute Gasteiger partial charge is 0.480 e. The van der Waals surface area contributed by atoms with Gasteiger partial charge in [0.25, 0.3) is 5.91 Å². The number of nitrogens with one attached hydrogen (secondary N) is 2. The highest BCUT2D eigenvalue weighted by Gasteiger charge is 2.25. The number of rotatable bonds is 6. The fourth-order valence-corrected chi connectivity index (χ4v) is 2.23. The van der Waals surface area contributed by atoms with E-state index >= 15 is 0 Å². The third kappa shape index (κ3) is 4.31. The average molecular weight is 314 g/mol. The van der Waals surface area contributed by atoms with E-state index in [1.54, 1.807) is 6.26 Å². The van der Waals surface area contributed by atoms with Crippen molar-refractivity contribution in [3.63, 3.8) is 0 Å². The first-order chi connectivity index (χ1) is 9.76. The molecule has 0 aromatic carbocycles. The van der Waals surface area contributed by atoms with Crippen LogP contribution < -0.4 is 16.7 Å². The zero-order valence-corrected chi connectivity index (χ0v) is 12.1. The van der Waals surface area contributed by atoms with Crippen molar-refractivity contribution < 1.29 is 19.5 Å². The van der Waals surface area contributed by atoms with Crippen molar-refractivity contribution in [3.05, 3.63) is 21.7 Å². The van der Waals surface area contributed by atoms with E-state index in [0.717, 1.165) is 11.8 Å². The van der Waals surface area contributed by atoms with Gasteiger partial charge in [-0.1, -0.05) is 0 Å². The van der Waals surface area contributed by atoms with E-state index in [-0.39, 0.29) is 16.3 Å². The highest BCUT2D eigenvalue weighted by atomic mass is 32.2. The number of hydrogen-bond donors (Lipinski definition) is 4. The molecule has 1 heterocycles. The van der Waals surface area contributed by atoms with Gasteiger partial charge in [0, 0.05) is 5.69 Å². The maximum atomic E-state index is 12.2. The van der Waals surface area contributed by atoms with E-state index in [1.807, 2.05) is 0 Å². The zero-order valence-electron chi connectivity index (χ0n) is 11.3. The minimum absolute atomic E-state index is 0.0535. The van der Waals surface area contributed by atoms with Crippen molar-refractivity contribution in [2.75, 3.05) is 6.26 Å². The van der Waals surface area contributed by atoms with Crippen LogP contribution >= 0.6 is 11.8 Å². The van der Waals surface area contributed by atoms with Gasteiger partial charge in [0.2, 0.25) is 5.91 Å². The quantitative estimate of drug-likeness (QED) is 0.382. The molecule has 10 heteroatoms. The predicted octanol–water partition coefficient (Wildman–Crippen LogP) is -1.14. The van der Waals surface area contributed by atoms with Crippen LogP contribution in [0.5, 0.6) is 0 Å². The number of nitrogens with zero attached hydrogens (tertiary/aromatic N) is 1. The van der Waals surface area contributed by atoms with Gasteiger partial charge in [-0.3, -0.25) is 9.59 Å². The molecule has 1 aromatic heterocycles. The number of H-pyrrole nitrogens is 1. The third-order valence-corrected chi connectivity index (χ3v) is 3.20. The van der Waals surface area contributed by atoms with Gasteiger partial charge in [-0.05, 0) is 13.2 Å². The molecular formula is C11H14N4O5S. The van der Waals surface area contributed by atoms with Crippen molar-refractivity contribution in [2.45, 2.75) is 24.4 Å². The van der Waals surface area contributed by atoms with Crippen LogP contribution in [0, 0.1) is 6.92 Å². The number of aromatic amines is 1. The van der Waals surface area contributed by atoms with Gasteiger partial charge in [0.1, 0.15) is 11.1 Å². The van der Waals surface area contributed by atoms with Gasteiger partial charge >= 0.3 is 11.7 Å². The Morgan fingerprint density at radius 2 is 2.10 bits per heavy atom. The predicted molar refractivity (Wildman–Crippen MR) is 74.1 cm³/mol. The van der Waals surface area contributed by atoms with Crippen molar-refractivity contribution >= 4 is 29.5 Å². The number of carbonyl (C=O) groups excluding carboxylic acids is 2. The Labute approximate surface area is 123 Å². The molecule has 9 nitrogen and oxygen atoms in total. The maximum Gasteiger partial charge on any atom is 0.346 e. The van der Waals surface area contributed by atoms with Crippen LogP contribution in [0.25, 0.3) is 0 Å².